The highest BCUT2D eigenvalue weighted by Gasteiger charge is 2.14. The zero-order valence-corrected chi connectivity index (χ0v) is 16.8. The predicted octanol–water partition coefficient (Wildman–Crippen LogP) is 6.00. The quantitative estimate of drug-likeness (QED) is 0.560. The predicted molar refractivity (Wildman–Crippen MR) is 105 cm³/mol. The van der Waals surface area contributed by atoms with E-state index in [1.807, 2.05) is 13.0 Å². The van der Waals surface area contributed by atoms with Crippen molar-refractivity contribution in [2.75, 3.05) is 6.61 Å². The van der Waals surface area contributed by atoms with Crippen molar-refractivity contribution in [2.24, 2.45) is 0 Å². The Bertz CT molecular complexity index is 720. The van der Waals surface area contributed by atoms with Gasteiger partial charge in [0.15, 0.2) is 11.5 Å². The number of benzene rings is 2. The van der Waals surface area contributed by atoms with E-state index >= 15 is 0 Å². The molecule has 0 heterocycles. The minimum atomic E-state index is -0.407. The summed E-state index contributed by atoms with van der Waals surface area (Å²) in [7, 11) is 0. The monoisotopic (exact) mass is 399 g/mol. The van der Waals surface area contributed by atoms with Crippen molar-refractivity contribution < 1.29 is 13.9 Å². The number of hydrogen-bond acceptors (Lipinski definition) is 3. The number of nitrogens with one attached hydrogen (secondary N) is 1. The third kappa shape index (κ3) is 5.50. The second-order valence-electron chi connectivity index (χ2n) is 6.00. The lowest BCUT2D eigenvalue weighted by Crippen LogP contribution is -2.24. The average Bonchev–Trinajstić information content (AvgIpc) is 2.61. The summed E-state index contributed by atoms with van der Waals surface area (Å²) in [6, 6.07) is 8.49. The van der Waals surface area contributed by atoms with E-state index in [-0.39, 0.29) is 6.61 Å². The first-order chi connectivity index (χ1) is 12.5. The van der Waals surface area contributed by atoms with Crippen LogP contribution in [0.1, 0.15) is 38.3 Å². The van der Waals surface area contributed by atoms with Gasteiger partial charge in [0.1, 0.15) is 12.4 Å². The molecule has 0 saturated heterocycles. The molecule has 26 heavy (non-hydrogen) atoms. The highest BCUT2D eigenvalue weighted by Crippen LogP contribution is 2.35. The van der Waals surface area contributed by atoms with Crippen LogP contribution in [0.5, 0.6) is 11.5 Å². The van der Waals surface area contributed by atoms with Crippen LogP contribution in [0.4, 0.5) is 4.39 Å². The summed E-state index contributed by atoms with van der Waals surface area (Å²) in [6.07, 6.45) is 1.03. The molecule has 2 rings (SSSR count). The fourth-order valence-corrected chi connectivity index (χ4v) is 2.78. The van der Waals surface area contributed by atoms with Crippen LogP contribution >= 0.6 is 23.2 Å². The molecule has 2 aromatic rings. The van der Waals surface area contributed by atoms with E-state index in [2.05, 4.69) is 19.2 Å². The Labute approximate surface area is 164 Å². The number of hydrogen-bond donors (Lipinski definition) is 1. The largest absolute Gasteiger partial charge is 0.490 e. The van der Waals surface area contributed by atoms with Gasteiger partial charge in [-0.05, 0) is 44.0 Å². The first-order valence-corrected chi connectivity index (χ1v) is 9.46. The molecule has 0 aromatic heterocycles. The van der Waals surface area contributed by atoms with Gasteiger partial charge in [0.2, 0.25) is 0 Å². The molecule has 2 aromatic carbocycles. The molecule has 0 aliphatic carbocycles. The molecule has 0 fully saturated rings. The smallest absolute Gasteiger partial charge is 0.163 e. The topological polar surface area (TPSA) is 30.5 Å². The van der Waals surface area contributed by atoms with Crippen LogP contribution in [0.25, 0.3) is 0 Å². The lowest BCUT2D eigenvalue weighted by Gasteiger charge is -2.17. The van der Waals surface area contributed by atoms with Crippen LogP contribution in [-0.4, -0.2) is 12.6 Å². The lowest BCUT2D eigenvalue weighted by atomic mass is 10.1. The van der Waals surface area contributed by atoms with E-state index in [4.69, 9.17) is 32.7 Å². The van der Waals surface area contributed by atoms with Crippen molar-refractivity contribution in [1.29, 1.82) is 0 Å². The summed E-state index contributed by atoms with van der Waals surface area (Å²) in [6.45, 7) is 7.24. The van der Waals surface area contributed by atoms with Crippen LogP contribution in [0.2, 0.25) is 10.0 Å². The van der Waals surface area contributed by atoms with Crippen LogP contribution < -0.4 is 14.8 Å². The molecule has 142 valence electrons. The first kappa shape index (κ1) is 20.8. The van der Waals surface area contributed by atoms with Crippen molar-refractivity contribution >= 4 is 23.2 Å². The lowest BCUT2D eigenvalue weighted by molar-refractivity contribution is 0.265. The van der Waals surface area contributed by atoms with Gasteiger partial charge in [0.05, 0.1) is 11.6 Å². The van der Waals surface area contributed by atoms with Gasteiger partial charge in [-0.1, -0.05) is 36.2 Å². The third-order valence-electron chi connectivity index (χ3n) is 4.10. The second-order valence-corrected chi connectivity index (χ2v) is 6.82. The van der Waals surface area contributed by atoms with Crippen molar-refractivity contribution in [2.45, 2.75) is 46.4 Å². The van der Waals surface area contributed by atoms with Crippen LogP contribution in [-0.2, 0) is 13.2 Å². The van der Waals surface area contributed by atoms with E-state index in [0.717, 1.165) is 12.0 Å². The fourth-order valence-electron chi connectivity index (χ4n) is 2.34. The zero-order valence-electron chi connectivity index (χ0n) is 15.2. The molecule has 1 unspecified atom stereocenters. The summed E-state index contributed by atoms with van der Waals surface area (Å²) in [5, 5.41) is 4.29. The first-order valence-electron chi connectivity index (χ1n) is 8.70. The maximum Gasteiger partial charge on any atom is 0.163 e. The Morgan fingerprint density at radius 1 is 1.08 bits per heavy atom. The van der Waals surface area contributed by atoms with Gasteiger partial charge in [0.25, 0.3) is 0 Å². The molecular formula is C20H24Cl2FNO2. The minimum absolute atomic E-state index is 0.00756. The molecule has 0 amide bonds. The highest BCUT2D eigenvalue weighted by atomic mass is 35.5. The summed E-state index contributed by atoms with van der Waals surface area (Å²) in [5.41, 5.74) is 1.22. The van der Waals surface area contributed by atoms with Gasteiger partial charge in [-0.3, -0.25) is 0 Å². The maximum absolute atomic E-state index is 13.9. The molecule has 0 aliphatic heterocycles. The Balaban J connectivity index is 2.20. The van der Waals surface area contributed by atoms with Crippen molar-refractivity contribution in [1.82, 2.24) is 5.32 Å². The van der Waals surface area contributed by atoms with E-state index < -0.39 is 5.82 Å². The zero-order chi connectivity index (χ0) is 19.1. The highest BCUT2D eigenvalue weighted by molar-refractivity contribution is 6.31. The van der Waals surface area contributed by atoms with E-state index in [1.165, 1.54) is 6.07 Å². The summed E-state index contributed by atoms with van der Waals surface area (Å²) in [4.78, 5) is 0. The second kappa shape index (κ2) is 10.0. The van der Waals surface area contributed by atoms with E-state index in [9.17, 15) is 4.39 Å². The molecule has 1 atom stereocenters. The number of rotatable bonds is 9. The Hall–Kier alpha value is -1.49. The molecule has 0 aliphatic rings. The fraction of sp³-hybridized carbons (Fsp3) is 0.400. The van der Waals surface area contributed by atoms with Crippen LogP contribution in [0, 0.1) is 5.82 Å². The number of halogens is 3. The normalized spacial score (nSPS) is 12.1. The van der Waals surface area contributed by atoms with Gasteiger partial charge in [0, 0.05) is 29.2 Å². The minimum Gasteiger partial charge on any atom is -0.490 e. The van der Waals surface area contributed by atoms with Crippen LogP contribution in [0.3, 0.4) is 0 Å². The SMILES string of the molecule is CCOc1cc(CNC(C)CC)c(Cl)cc1OCc1c(F)cccc1Cl. The third-order valence-corrected chi connectivity index (χ3v) is 4.81. The van der Waals surface area contributed by atoms with Crippen molar-refractivity contribution in [3.8, 4) is 11.5 Å². The molecule has 3 nitrogen and oxygen atoms in total. The van der Waals surface area contributed by atoms with Gasteiger partial charge in [-0.15, -0.1) is 0 Å². The van der Waals surface area contributed by atoms with Gasteiger partial charge >= 0.3 is 0 Å². The van der Waals surface area contributed by atoms with Crippen molar-refractivity contribution in [3.63, 3.8) is 0 Å². The Morgan fingerprint density at radius 3 is 2.46 bits per heavy atom. The van der Waals surface area contributed by atoms with Gasteiger partial charge in [-0.2, -0.15) is 0 Å². The standard InChI is InChI=1S/C20H24Cl2FNO2/c1-4-13(3)24-11-14-9-19(25-5-2)20(10-17(14)22)26-12-15-16(21)7-6-8-18(15)23/h6-10,13,24H,4-5,11-12H2,1-3H3. The van der Waals surface area contributed by atoms with Crippen molar-refractivity contribution in [3.05, 3.63) is 57.3 Å². The average molecular weight is 400 g/mol. The number of ether oxygens (including phenoxy) is 2. The molecule has 1 N–H and O–H groups in total. The summed E-state index contributed by atoms with van der Waals surface area (Å²) < 4.78 is 25.4. The van der Waals surface area contributed by atoms with E-state index in [0.29, 0.717) is 46.3 Å². The molecule has 6 heteroatoms. The summed E-state index contributed by atoms with van der Waals surface area (Å²) in [5.74, 6) is 0.629. The molecule has 0 radical (unpaired) electrons. The maximum atomic E-state index is 13.9. The Kier molecular flexibility index (Phi) is 8.01. The van der Waals surface area contributed by atoms with Gasteiger partial charge in [-0.25, -0.2) is 4.39 Å². The molecule has 0 spiro atoms. The molecule has 0 saturated carbocycles. The molecular weight excluding hydrogens is 376 g/mol. The van der Waals surface area contributed by atoms with Gasteiger partial charge < -0.3 is 14.8 Å². The van der Waals surface area contributed by atoms with E-state index in [1.54, 1.807) is 18.2 Å². The summed E-state index contributed by atoms with van der Waals surface area (Å²) >= 11 is 12.4. The Morgan fingerprint density at radius 2 is 1.81 bits per heavy atom. The van der Waals surface area contributed by atoms with Crippen LogP contribution in [0.15, 0.2) is 30.3 Å². The molecule has 0 bridgehead atoms.